The van der Waals surface area contributed by atoms with Crippen molar-refractivity contribution in [3.05, 3.63) is 29.5 Å². The number of hydrogen-bond acceptors (Lipinski definition) is 5. The van der Waals surface area contributed by atoms with E-state index in [1.807, 2.05) is 6.92 Å². The number of fused-ring (bicyclic) bond motifs is 1. The molecule has 2 aliphatic rings. The second-order valence-electron chi connectivity index (χ2n) is 7.92. The summed E-state index contributed by atoms with van der Waals surface area (Å²) in [6.07, 6.45) is 2.88. The average molecular weight is 399 g/mol. The van der Waals surface area contributed by atoms with E-state index in [1.165, 1.54) is 0 Å². The quantitative estimate of drug-likeness (QED) is 0.769. The minimum atomic E-state index is -0.911. The number of benzene rings is 1. The number of hydrazine groups is 1. The van der Waals surface area contributed by atoms with Gasteiger partial charge in [0.1, 0.15) is 16.9 Å². The molecule has 1 aliphatic carbocycles. The van der Waals surface area contributed by atoms with Crippen molar-refractivity contribution < 1.29 is 23.5 Å². The van der Waals surface area contributed by atoms with Gasteiger partial charge in [0, 0.05) is 10.9 Å². The van der Waals surface area contributed by atoms with Gasteiger partial charge in [0.05, 0.1) is 6.61 Å². The lowest BCUT2D eigenvalue weighted by molar-refractivity contribution is -0.134. The number of rotatable bonds is 4. The van der Waals surface area contributed by atoms with E-state index in [9.17, 15) is 14.4 Å². The van der Waals surface area contributed by atoms with E-state index in [4.69, 9.17) is 9.15 Å². The van der Waals surface area contributed by atoms with Crippen molar-refractivity contribution in [1.82, 2.24) is 15.8 Å². The van der Waals surface area contributed by atoms with Gasteiger partial charge in [0.2, 0.25) is 0 Å². The Balaban J connectivity index is 1.55. The molecule has 8 nitrogen and oxygen atoms in total. The molecule has 1 aromatic carbocycles. The summed E-state index contributed by atoms with van der Waals surface area (Å²) in [4.78, 5) is 38.1. The van der Waals surface area contributed by atoms with Crippen LogP contribution in [-0.2, 0) is 4.79 Å². The highest BCUT2D eigenvalue weighted by molar-refractivity contribution is 6.09. The Labute approximate surface area is 168 Å². The lowest BCUT2D eigenvalue weighted by Gasteiger charge is -2.33. The third kappa shape index (κ3) is 3.22. The Hall–Kier alpha value is -3.03. The number of furan rings is 1. The molecule has 0 radical (unpaired) electrons. The van der Waals surface area contributed by atoms with Crippen LogP contribution < -0.4 is 15.5 Å². The van der Waals surface area contributed by atoms with Crippen molar-refractivity contribution in [1.29, 1.82) is 0 Å². The molecule has 4 amide bonds. The number of hydrogen-bond donors (Lipinski definition) is 2. The SMILES string of the molecule is CCOc1ccc2oc(C(=O)NN3C(=O)NC4(CCC(C)CC4)C3=O)c(C)c2c1. The standard InChI is InChI=1S/C21H25N3O5/c1-4-28-14-5-6-16-15(11-14)13(3)17(29-16)18(25)23-24-19(26)21(22-20(24)27)9-7-12(2)8-10-21/h5-6,11-12H,4,7-10H2,1-3H3,(H,22,27)(H,23,25). The molecule has 8 heteroatoms. The molecule has 2 fully saturated rings. The fraction of sp³-hybridized carbons (Fsp3) is 0.476. The minimum Gasteiger partial charge on any atom is -0.494 e. The first-order chi connectivity index (χ1) is 13.8. The number of ether oxygens (including phenoxy) is 1. The number of carbonyl (C=O) groups excluding carboxylic acids is 3. The van der Waals surface area contributed by atoms with Gasteiger partial charge in [-0.15, -0.1) is 0 Å². The molecular formula is C21H25N3O5. The normalized spacial score (nSPS) is 24.2. The van der Waals surface area contributed by atoms with Gasteiger partial charge in [0.15, 0.2) is 5.76 Å². The predicted molar refractivity (Wildman–Crippen MR) is 105 cm³/mol. The summed E-state index contributed by atoms with van der Waals surface area (Å²) in [5.41, 5.74) is 2.67. The van der Waals surface area contributed by atoms with Gasteiger partial charge in [0.25, 0.3) is 5.91 Å². The Kier molecular flexibility index (Phi) is 4.72. The van der Waals surface area contributed by atoms with Crippen molar-refractivity contribution in [2.75, 3.05) is 6.61 Å². The molecule has 2 N–H and O–H groups in total. The molecule has 0 bridgehead atoms. The molecule has 0 atom stereocenters. The van der Waals surface area contributed by atoms with E-state index in [2.05, 4.69) is 17.7 Å². The monoisotopic (exact) mass is 399 g/mol. The van der Waals surface area contributed by atoms with Crippen LogP contribution in [0.15, 0.2) is 22.6 Å². The van der Waals surface area contributed by atoms with Crippen molar-refractivity contribution in [2.45, 2.75) is 52.0 Å². The third-order valence-corrected chi connectivity index (χ3v) is 5.93. The highest BCUT2D eigenvalue weighted by Crippen LogP contribution is 2.36. The van der Waals surface area contributed by atoms with E-state index in [0.29, 0.717) is 42.3 Å². The lowest BCUT2D eigenvalue weighted by Crippen LogP contribution is -2.51. The molecule has 1 aromatic heterocycles. The maximum absolute atomic E-state index is 12.9. The number of aryl methyl sites for hydroxylation is 1. The number of imide groups is 1. The average Bonchev–Trinajstić information content (AvgIpc) is 3.14. The van der Waals surface area contributed by atoms with Gasteiger partial charge in [-0.2, -0.15) is 5.01 Å². The maximum Gasteiger partial charge on any atom is 0.344 e. The second-order valence-corrected chi connectivity index (χ2v) is 7.92. The molecule has 4 rings (SSSR count). The lowest BCUT2D eigenvalue weighted by atomic mass is 9.77. The van der Waals surface area contributed by atoms with Gasteiger partial charge >= 0.3 is 11.9 Å². The van der Waals surface area contributed by atoms with E-state index >= 15 is 0 Å². The van der Waals surface area contributed by atoms with Crippen LogP contribution in [0.3, 0.4) is 0 Å². The van der Waals surface area contributed by atoms with Crippen molar-refractivity contribution in [3.63, 3.8) is 0 Å². The van der Waals surface area contributed by atoms with E-state index in [-0.39, 0.29) is 5.76 Å². The number of carbonyl (C=O) groups is 3. The van der Waals surface area contributed by atoms with Crippen LogP contribution in [0.2, 0.25) is 0 Å². The zero-order valence-electron chi connectivity index (χ0n) is 16.8. The summed E-state index contributed by atoms with van der Waals surface area (Å²) >= 11 is 0. The zero-order chi connectivity index (χ0) is 20.8. The van der Waals surface area contributed by atoms with Gasteiger partial charge in [-0.05, 0) is 63.6 Å². The van der Waals surface area contributed by atoms with Crippen LogP contribution in [0, 0.1) is 12.8 Å². The highest BCUT2D eigenvalue weighted by atomic mass is 16.5. The zero-order valence-corrected chi connectivity index (χ0v) is 16.8. The number of nitrogens with zero attached hydrogens (tertiary/aromatic N) is 1. The van der Waals surface area contributed by atoms with Crippen molar-refractivity contribution >= 4 is 28.8 Å². The molecule has 1 aliphatic heterocycles. The van der Waals surface area contributed by atoms with Gasteiger partial charge < -0.3 is 14.5 Å². The number of urea groups is 1. The first kappa shape index (κ1) is 19.3. The predicted octanol–water partition coefficient (Wildman–Crippen LogP) is 3.29. The Morgan fingerprint density at radius 3 is 2.76 bits per heavy atom. The van der Waals surface area contributed by atoms with E-state index < -0.39 is 23.4 Å². The van der Waals surface area contributed by atoms with Crippen molar-refractivity contribution in [3.8, 4) is 5.75 Å². The molecule has 29 heavy (non-hydrogen) atoms. The fourth-order valence-electron chi connectivity index (χ4n) is 4.14. The van der Waals surface area contributed by atoms with Crippen LogP contribution in [-0.4, -0.2) is 35.0 Å². The van der Waals surface area contributed by atoms with E-state index in [1.54, 1.807) is 25.1 Å². The molecule has 154 valence electrons. The smallest absolute Gasteiger partial charge is 0.344 e. The molecule has 1 saturated heterocycles. The van der Waals surface area contributed by atoms with Crippen LogP contribution in [0.4, 0.5) is 4.79 Å². The van der Waals surface area contributed by atoms with Crippen LogP contribution in [0.5, 0.6) is 5.75 Å². The Bertz CT molecular complexity index is 988. The first-order valence-electron chi connectivity index (χ1n) is 9.98. The highest BCUT2D eigenvalue weighted by Gasteiger charge is 2.53. The minimum absolute atomic E-state index is 0.0625. The van der Waals surface area contributed by atoms with Gasteiger partial charge in [-0.1, -0.05) is 6.92 Å². The Morgan fingerprint density at radius 1 is 1.34 bits per heavy atom. The van der Waals surface area contributed by atoms with Crippen molar-refractivity contribution in [2.24, 2.45) is 5.92 Å². The fourth-order valence-corrected chi connectivity index (χ4v) is 4.14. The summed E-state index contributed by atoms with van der Waals surface area (Å²) < 4.78 is 11.2. The molecule has 1 spiro atoms. The maximum atomic E-state index is 12.9. The number of nitrogens with one attached hydrogen (secondary N) is 2. The molecular weight excluding hydrogens is 374 g/mol. The van der Waals surface area contributed by atoms with Crippen LogP contribution in [0.25, 0.3) is 11.0 Å². The topological polar surface area (TPSA) is 101 Å². The van der Waals surface area contributed by atoms with E-state index in [0.717, 1.165) is 23.2 Å². The van der Waals surface area contributed by atoms with Crippen LogP contribution >= 0.6 is 0 Å². The summed E-state index contributed by atoms with van der Waals surface area (Å²) in [5.74, 6) is 0.219. The summed E-state index contributed by atoms with van der Waals surface area (Å²) in [5, 5.41) is 4.32. The first-order valence-corrected chi connectivity index (χ1v) is 9.98. The summed E-state index contributed by atoms with van der Waals surface area (Å²) in [6.45, 7) is 6.31. The second kappa shape index (κ2) is 7.09. The van der Waals surface area contributed by atoms with Gasteiger partial charge in [-0.25, -0.2) is 10.2 Å². The molecule has 0 unspecified atom stereocenters. The van der Waals surface area contributed by atoms with Gasteiger partial charge in [-0.3, -0.25) is 9.59 Å². The third-order valence-electron chi connectivity index (χ3n) is 5.93. The Morgan fingerprint density at radius 2 is 2.07 bits per heavy atom. The largest absolute Gasteiger partial charge is 0.494 e. The molecule has 2 aromatic rings. The van der Waals surface area contributed by atoms with Crippen LogP contribution in [0.1, 0.15) is 55.6 Å². The molecule has 1 saturated carbocycles. The number of amides is 4. The summed E-state index contributed by atoms with van der Waals surface area (Å²) in [6, 6.07) is 4.70. The summed E-state index contributed by atoms with van der Waals surface area (Å²) in [7, 11) is 0. The molecule has 2 heterocycles.